The number of hydrogen-bond donors (Lipinski definition) is 1. The van der Waals surface area contributed by atoms with Gasteiger partial charge in [-0.05, 0) is 67.1 Å². The molecule has 3 aromatic rings. The van der Waals surface area contributed by atoms with Crippen LogP contribution in [0.3, 0.4) is 0 Å². The summed E-state index contributed by atoms with van der Waals surface area (Å²) in [6.45, 7) is 3.00. The van der Waals surface area contributed by atoms with Crippen molar-refractivity contribution in [3.05, 3.63) is 84.2 Å². The smallest absolute Gasteiger partial charge is 0.338 e. The molecule has 1 unspecified atom stereocenters. The van der Waals surface area contributed by atoms with Gasteiger partial charge in [-0.1, -0.05) is 6.07 Å². The van der Waals surface area contributed by atoms with Gasteiger partial charge in [0.25, 0.3) is 5.91 Å². The normalized spacial score (nSPS) is 15.5. The molecule has 1 atom stereocenters. The van der Waals surface area contributed by atoms with E-state index in [1.807, 2.05) is 0 Å². The molecule has 0 aliphatic carbocycles. The molecule has 202 valence electrons. The fourth-order valence-electron chi connectivity index (χ4n) is 4.16. The van der Waals surface area contributed by atoms with Crippen molar-refractivity contribution >= 4 is 45.1 Å². The van der Waals surface area contributed by atoms with Crippen LogP contribution in [-0.4, -0.2) is 54.0 Å². The van der Waals surface area contributed by atoms with E-state index in [-0.39, 0.29) is 41.6 Å². The topological polar surface area (TPSA) is 143 Å². The number of ether oxygens (including phenoxy) is 1. The quantitative estimate of drug-likeness (QED) is 0.317. The first kappa shape index (κ1) is 27.6. The number of pyridine rings is 1. The van der Waals surface area contributed by atoms with Crippen molar-refractivity contribution in [2.75, 3.05) is 16.8 Å². The molecule has 39 heavy (non-hydrogen) atoms. The highest BCUT2D eigenvalue weighted by Gasteiger charge is 2.47. The first-order valence-electron chi connectivity index (χ1n) is 12.0. The number of sulfonamides is 1. The minimum atomic E-state index is -4.28. The first-order valence-corrected chi connectivity index (χ1v) is 13.5. The van der Waals surface area contributed by atoms with Crippen LogP contribution >= 0.6 is 0 Å². The van der Waals surface area contributed by atoms with E-state index in [1.54, 1.807) is 19.1 Å². The van der Waals surface area contributed by atoms with E-state index < -0.39 is 33.8 Å². The van der Waals surface area contributed by atoms with Crippen molar-refractivity contribution in [1.29, 1.82) is 0 Å². The molecule has 1 aliphatic heterocycles. The van der Waals surface area contributed by atoms with E-state index in [2.05, 4.69) is 10.3 Å². The van der Waals surface area contributed by atoms with Crippen molar-refractivity contribution in [2.45, 2.75) is 37.8 Å². The molecule has 12 heteroatoms. The second-order valence-electron chi connectivity index (χ2n) is 8.67. The van der Waals surface area contributed by atoms with Crippen molar-refractivity contribution in [2.24, 2.45) is 0 Å². The Balaban J connectivity index is 1.67. The molecular weight excluding hydrogens is 524 g/mol. The van der Waals surface area contributed by atoms with E-state index in [0.29, 0.717) is 11.3 Å². The summed E-state index contributed by atoms with van der Waals surface area (Å²) < 4.78 is 33.6. The zero-order valence-corrected chi connectivity index (χ0v) is 22.1. The van der Waals surface area contributed by atoms with E-state index in [0.717, 1.165) is 9.21 Å². The van der Waals surface area contributed by atoms with Gasteiger partial charge in [0.1, 0.15) is 6.04 Å². The fraction of sp³-hybridized carbons (Fsp3) is 0.222. The van der Waals surface area contributed by atoms with Gasteiger partial charge in [0, 0.05) is 31.5 Å². The zero-order valence-electron chi connectivity index (χ0n) is 21.2. The summed E-state index contributed by atoms with van der Waals surface area (Å²) in [4.78, 5) is 54.7. The lowest BCUT2D eigenvalue weighted by atomic mass is 10.2. The number of carbonyl (C=O) groups excluding carboxylic acids is 4. The maximum Gasteiger partial charge on any atom is 0.338 e. The number of aromatic nitrogens is 1. The summed E-state index contributed by atoms with van der Waals surface area (Å²) in [5.74, 6) is -2.15. The molecule has 1 N–H and O–H groups in total. The van der Waals surface area contributed by atoms with E-state index in [1.165, 1.54) is 67.8 Å². The Labute approximate surface area is 225 Å². The molecule has 0 bridgehead atoms. The van der Waals surface area contributed by atoms with E-state index >= 15 is 0 Å². The lowest BCUT2D eigenvalue weighted by Gasteiger charge is -2.27. The van der Waals surface area contributed by atoms with Crippen LogP contribution in [0.4, 0.5) is 11.4 Å². The van der Waals surface area contributed by atoms with Crippen LogP contribution < -0.4 is 10.2 Å². The Bertz CT molecular complexity index is 1490. The van der Waals surface area contributed by atoms with Gasteiger partial charge < -0.3 is 10.1 Å². The van der Waals surface area contributed by atoms with Crippen LogP contribution in [0.25, 0.3) is 0 Å². The van der Waals surface area contributed by atoms with Gasteiger partial charge >= 0.3 is 5.97 Å². The van der Waals surface area contributed by atoms with Crippen LogP contribution in [0, 0.1) is 0 Å². The molecule has 2 aromatic carbocycles. The van der Waals surface area contributed by atoms with Crippen LogP contribution in [-0.2, 0) is 35.7 Å². The molecule has 0 radical (unpaired) electrons. The fourth-order valence-corrected chi connectivity index (χ4v) is 5.73. The Morgan fingerprint density at radius 1 is 1.08 bits per heavy atom. The summed E-state index contributed by atoms with van der Waals surface area (Å²) in [6, 6.07) is 13.3. The molecule has 3 amide bonds. The molecule has 2 heterocycles. The summed E-state index contributed by atoms with van der Waals surface area (Å²) in [6.07, 6.45) is 2.65. The van der Waals surface area contributed by atoms with Crippen LogP contribution in [0.5, 0.6) is 0 Å². The van der Waals surface area contributed by atoms with Crippen LogP contribution in [0.15, 0.2) is 78.0 Å². The van der Waals surface area contributed by atoms with Crippen molar-refractivity contribution < 1.29 is 32.3 Å². The summed E-state index contributed by atoms with van der Waals surface area (Å²) in [7, 11) is -4.28. The summed E-state index contributed by atoms with van der Waals surface area (Å²) >= 11 is 0. The van der Waals surface area contributed by atoms with Gasteiger partial charge in [-0.2, -0.15) is 4.31 Å². The molecule has 0 saturated carbocycles. The maximum atomic E-state index is 13.8. The molecule has 1 aromatic heterocycles. The first-order chi connectivity index (χ1) is 18.6. The lowest BCUT2D eigenvalue weighted by Crippen LogP contribution is -2.45. The number of rotatable bonds is 9. The minimum Gasteiger partial charge on any atom is -0.462 e. The highest BCUT2D eigenvalue weighted by Crippen LogP contribution is 2.31. The molecule has 1 saturated heterocycles. The summed E-state index contributed by atoms with van der Waals surface area (Å²) in [5.41, 5.74) is 1.39. The Kier molecular flexibility index (Phi) is 8.17. The number of hydrogen-bond acceptors (Lipinski definition) is 8. The monoisotopic (exact) mass is 550 g/mol. The number of benzene rings is 2. The number of esters is 1. The van der Waals surface area contributed by atoms with Crippen molar-refractivity contribution in [1.82, 2.24) is 9.29 Å². The Morgan fingerprint density at radius 3 is 2.36 bits per heavy atom. The van der Waals surface area contributed by atoms with Crippen LogP contribution in [0.2, 0.25) is 0 Å². The summed E-state index contributed by atoms with van der Waals surface area (Å²) in [5, 5.41) is 2.57. The Morgan fingerprint density at radius 2 is 1.77 bits per heavy atom. The highest BCUT2D eigenvalue weighted by molar-refractivity contribution is 7.89. The van der Waals surface area contributed by atoms with Gasteiger partial charge in [-0.15, -0.1) is 0 Å². The van der Waals surface area contributed by atoms with Crippen molar-refractivity contribution in [3.8, 4) is 0 Å². The zero-order chi connectivity index (χ0) is 28.2. The van der Waals surface area contributed by atoms with Gasteiger partial charge in [0.05, 0.1) is 29.2 Å². The molecule has 1 fully saturated rings. The number of anilines is 2. The average molecular weight is 551 g/mol. The molecule has 0 spiro atoms. The number of carbonyl (C=O) groups is 4. The Hall–Kier alpha value is -4.42. The second kappa shape index (κ2) is 11.5. The van der Waals surface area contributed by atoms with E-state index in [9.17, 15) is 27.6 Å². The molecule has 11 nitrogen and oxygen atoms in total. The van der Waals surface area contributed by atoms with Crippen LogP contribution in [0.1, 0.15) is 36.2 Å². The minimum absolute atomic E-state index is 0.113. The van der Waals surface area contributed by atoms with Crippen molar-refractivity contribution in [3.63, 3.8) is 0 Å². The van der Waals surface area contributed by atoms with Gasteiger partial charge in [-0.25, -0.2) is 18.1 Å². The van der Waals surface area contributed by atoms with Gasteiger partial charge in [0.2, 0.25) is 21.8 Å². The average Bonchev–Trinajstić information content (AvgIpc) is 3.21. The second-order valence-corrected chi connectivity index (χ2v) is 10.6. The third-order valence-electron chi connectivity index (χ3n) is 5.95. The van der Waals surface area contributed by atoms with Gasteiger partial charge in [-0.3, -0.25) is 19.4 Å². The number of imide groups is 1. The number of nitrogens with one attached hydrogen (secondary N) is 1. The number of nitrogens with zero attached hydrogens (tertiary/aromatic N) is 3. The SMILES string of the molecule is CCOC(=O)c1ccc(N2C(=O)CC(N(Cc3cccnc3)S(=O)(=O)c3ccc(NC(C)=O)cc3)C2=O)cc1. The molecular formula is C27H26N4O7S. The molecule has 1 aliphatic rings. The maximum absolute atomic E-state index is 13.8. The predicted molar refractivity (Wildman–Crippen MR) is 141 cm³/mol. The number of amides is 3. The molecule has 4 rings (SSSR count). The third-order valence-corrected chi connectivity index (χ3v) is 7.82. The van der Waals surface area contributed by atoms with E-state index in [4.69, 9.17) is 4.74 Å². The standard InChI is InChI=1S/C27H26N4O7S/c1-3-38-27(35)20-6-10-22(11-7-20)31-25(33)15-24(26(31)34)30(17-19-5-4-14-28-16-19)39(36,37)23-12-8-21(9-13-23)29-18(2)32/h4-14,16,24H,3,15,17H2,1-2H3,(H,29,32). The predicted octanol–water partition coefficient (Wildman–Crippen LogP) is 2.74. The van der Waals surface area contributed by atoms with Gasteiger partial charge in [0.15, 0.2) is 0 Å². The lowest BCUT2D eigenvalue weighted by molar-refractivity contribution is -0.122. The third kappa shape index (κ3) is 6.02. The largest absolute Gasteiger partial charge is 0.462 e. The highest BCUT2D eigenvalue weighted by atomic mass is 32.2.